The third-order valence-corrected chi connectivity index (χ3v) is 3.18. The zero-order valence-electron chi connectivity index (χ0n) is 11.0. The van der Waals surface area contributed by atoms with Gasteiger partial charge < -0.3 is 19.2 Å². The van der Waals surface area contributed by atoms with Crippen molar-refractivity contribution in [2.24, 2.45) is 0 Å². The van der Waals surface area contributed by atoms with Crippen LogP contribution < -0.4 is 0 Å². The Morgan fingerprint density at radius 1 is 1.53 bits per heavy atom. The lowest BCUT2D eigenvalue weighted by Gasteiger charge is -2.30. The highest BCUT2D eigenvalue weighted by Gasteiger charge is 2.30. The molecule has 0 radical (unpaired) electrons. The predicted molar refractivity (Wildman–Crippen MR) is 66.1 cm³/mol. The molecule has 1 amide bonds. The monoisotopic (exact) mass is 267 g/mol. The van der Waals surface area contributed by atoms with Gasteiger partial charge in [-0.15, -0.1) is 0 Å². The molecule has 1 saturated heterocycles. The summed E-state index contributed by atoms with van der Waals surface area (Å²) < 4.78 is 10.6. The summed E-state index contributed by atoms with van der Waals surface area (Å²) in [4.78, 5) is 24.6. The van der Waals surface area contributed by atoms with E-state index in [4.69, 9.17) is 14.3 Å². The van der Waals surface area contributed by atoms with Gasteiger partial charge in [0.15, 0.2) is 11.9 Å². The summed E-state index contributed by atoms with van der Waals surface area (Å²) in [6.07, 6.45) is -0.237. The number of carbonyl (C=O) groups is 2. The molecule has 104 valence electrons. The Bertz CT molecular complexity index is 493. The minimum Gasteiger partial charge on any atom is -0.479 e. The van der Waals surface area contributed by atoms with Gasteiger partial charge in [-0.05, 0) is 18.6 Å². The first-order valence-electron chi connectivity index (χ1n) is 6.26. The van der Waals surface area contributed by atoms with Crippen molar-refractivity contribution in [1.29, 1.82) is 0 Å². The summed E-state index contributed by atoms with van der Waals surface area (Å²) in [6, 6.07) is 1.70. The molecule has 1 N–H and O–H groups in total. The highest BCUT2D eigenvalue weighted by Crippen LogP contribution is 2.18. The number of furan rings is 1. The van der Waals surface area contributed by atoms with Crippen LogP contribution >= 0.6 is 0 Å². The number of carboxylic acids is 1. The fourth-order valence-corrected chi connectivity index (χ4v) is 2.12. The van der Waals surface area contributed by atoms with Gasteiger partial charge in [-0.2, -0.15) is 0 Å². The van der Waals surface area contributed by atoms with Gasteiger partial charge in [-0.3, -0.25) is 4.79 Å². The third-order valence-electron chi connectivity index (χ3n) is 3.18. The molecule has 1 fully saturated rings. The zero-order valence-corrected chi connectivity index (χ0v) is 11.0. The second kappa shape index (κ2) is 5.44. The van der Waals surface area contributed by atoms with Crippen molar-refractivity contribution in [3.8, 4) is 0 Å². The van der Waals surface area contributed by atoms with Gasteiger partial charge >= 0.3 is 5.97 Å². The van der Waals surface area contributed by atoms with Gasteiger partial charge in [-0.1, -0.05) is 6.92 Å². The molecule has 1 aromatic rings. The Labute approximate surface area is 110 Å². The number of ether oxygens (including phenoxy) is 1. The van der Waals surface area contributed by atoms with Crippen molar-refractivity contribution < 1.29 is 23.8 Å². The maximum atomic E-state index is 12.2. The highest BCUT2D eigenvalue weighted by atomic mass is 16.5. The number of rotatable bonds is 3. The Morgan fingerprint density at radius 3 is 2.84 bits per heavy atom. The van der Waals surface area contributed by atoms with E-state index in [9.17, 15) is 9.59 Å². The molecule has 1 unspecified atom stereocenters. The molecular formula is C13H17NO5. The lowest BCUT2D eigenvalue weighted by Crippen LogP contribution is -2.48. The molecule has 19 heavy (non-hydrogen) atoms. The lowest BCUT2D eigenvalue weighted by atomic mass is 10.2. The van der Waals surface area contributed by atoms with Gasteiger partial charge in [0.05, 0.1) is 13.2 Å². The zero-order chi connectivity index (χ0) is 14.0. The maximum absolute atomic E-state index is 12.2. The van der Waals surface area contributed by atoms with E-state index in [1.165, 1.54) is 4.90 Å². The molecule has 6 nitrogen and oxygen atoms in total. The van der Waals surface area contributed by atoms with Crippen molar-refractivity contribution in [3.05, 3.63) is 23.2 Å². The molecule has 0 aliphatic carbocycles. The second-order valence-corrected chi connectivity index (χ2v) is 4.52. The summed E-state index contributed by atoms with van der Waals surface area (Å²) in [5.74, 6) is -0.286. The van der Waals surface area contributed by atoms with E-state index in [1.54, 1.807) is 6.07 Å². The fourth-order valence-electron chi connectivity index (χ4n) is 2.12. The minimum atomic E-state index is -1.05. The summed E-state index contributed by atoms with van der Waals surface area (Å²) in [5.41, 5.74) is 0.939. The van der Waals surface area contributed by atoms with E-state index >= 15 is 0 Å². The average Bonchev–Trinajstić information content (AvgIpc) is 2.79. The summed E-state index contributed by atoms with van der Waals surface area (Å²) in [5, 5.41) is 8.91. The molecule has 6 heteroatoms. The van der Waals surface area contributed by atoms with Gasteiger partial charge in [-0.25, -0.2) is 4.79 Å². The van der Waals surface area contributed by atoms with E-state index in [-0.39, 0.29) is 24.8 Å². The number of carbonyl (C=O) groups excluding carboxylic acids is 1. The molecule has 0 aromatic carbocycles. The molecule has 1 aromatic heterocycles. The van der Waals surface area contributed by atoms with Crippen molar-refractivity contribution >= 4 is 11.9 Å². The largest absolute Gasteiger partial charge is 0.479 e. The summed E-state index contributed by atoms with van der Waals surface area (Å²) in [7, 11) is 0. The number of morpholine rings is 1. The van der Waals surface area contributed by atoms with Crippen LogP contribution in [0.15, 0.2) is 10.5 Å². The molecule has 2 heterocycles. The number of amides is 1. The number of nitrogens with zero attached hydrogens (tertiary/aromatic N) is 1. The number of aryl methyl sites for hydroxylation is 2. The topological polar surface area (TPSA) is 80.0 Å². The standard InChI is InChI=1S/C13H17NO5/c1-3-9-8(2)6-10(19-9)12(15)14-4-5-18-11(7-14)13(16)17/h6,11H,3-5,7H2,1-2H3,(H,16,17). The molecule has 0 bridgehead atoms. The van der Waals surface area contributed by atoms with Gasteiger partial charge in [0.25, 0.3) is 5.91 Å². The van der Waals surface area contributed by atoms with E-state index in [1.807, 2.05) is 13.8 Å². The Hall–Kier alpha value is -1.82. The molecular weight excluding hydrogens is 250 g/mol. The van der Waals surface area contributed by atoms with Crippen LogP contribution in [0, 0.1) is 6.92 Å². The molecule has 1 aliphatic rings. The smallest absolute Gasteiger partial charge is 0.334 e. The predicted octanol–water partition coefficient (Wildman–Crippen LogP) is 1.08. The Morgan fingerprint density at radius 2 is 2.26 bits per heavy atom. The molecule has 1 aliphatic heterocycles. The van der Waals surface area contributed by atoms with Crippen LogP contribution in [0.2, 0.25) is 0 Å². The van der Waals surface area contributed by atoms with E-state index in [2.05, 4.69) is 0 Å². The third kappa shape index (κ3) is 2.78. The van der Waals surface area contributed by atoms with Crippen LogP contribution in [-0.4, -0.2) is 47.7 Å². The van der Waals surface area contributed by atoms with E-state index in [0.29, 0.717) is 6.54 Å². The van der Waals surface area contributed by atoms with Crippen molar-refractivity contribution in [2.75, 3.05) is 19.7 Å². The van der Waals surface area contributed by atoms with Crippen LogP contribution in [0.5, 0.6) is 0 Å². The number of aliphatic carboxylic acids is 1. The fraction of sp³-hybridized carbons (Fsp3) is 0.538. The lowest BCUT2D eigenvalue weighted by molar-refractivity contribution is -0.154. The summed E-state index contributed by atoms with van der Waals surface area (Å²) in [6.45, 7) is 4.50. The van der Waals surface area contributed by atoms with Crippen LogP contribution in [-0.2, 0) is 16.0 Å². The van der Waals surface area contributed by atoms with Gasteiger partial charge in [0.1, 0.15) is 5.76 Å². The van der Waals surface area contributed by atoms with E-state index in [0.717, 1.165) is 17.7 Å². The normalized spacial score (nSPS) is 19.5. The molecule has 1 atom stereocenters. The quantitative estimate of drug-likeness (QED) is 0.886. The van der Waals surface area contributed by atoms with Crippen molar-refractivity contribution in [3.63, 3.8) is 0 Å². The first kappa shape index (κ1) is 13.6. The maximum Gasteiger partial charge on any atom is 0.334 e. The first-order valence-corrected chi connectivity index (χ1v) is 6.26. The Balaban J connectivity index is 2.12. The number of carboxylic acid groups (broad SMARTS) is 1. The molecule has 0 spiro atoms. The van der Waals surface area contributed by atoms with Crippen molar-refractivity contribution in [1.82, 2.24) is 4.90 Å². The number of hydrogen-bond acceptors (Lipinski definition) is 4. The highest BCUT2D eigenvalue weighted by molar-refractivity contribution is 5.92. The van der Waals surface area contributed by atoms with Gasteiger partial charge in [0, 0.05) is 13.0 Å². The average molecular weight is 267 g/mol. The van der Waals surface area contributed by atoms with E-state index < -0.39 is 12.1 Å². The van der Waals surface area contributed by atoms with Gasteiger partial charge in [0.2, 0.25) is 0 Å². The minimum absolute atomic E-state index is 0.0510. The second-order valence-electron chi connectivity index (χ2n) is 4.52. The van der Waals surface area contributed by atoms with Crippen LogP contribution in [0.25, 0.3) is 0 Å². The Kier molecular flexibility index (Phi) is 3.90. The van der Waals surface area contributed by atoms with Crippen LogP contribution in [0.3, 0.4) is 0 Å². The number of hydrogen-bond donors (Lipinski definition) is 1. The first-order chi connectivity index (χ1) is 9.02. The SMILES string of the molecule is CCc1oc(C(=O)N2CCOC(C(=O)O)C2)cc1C. The van der Waals surface area contributed by atoms with Crippen LogP contribution in [0.4, 0.5) is 0 Å². The molecule has 0 saturated carbocycles. The molecule has 2 rings (SSSR count). The van der Waals surface area contributed by atoms with Crippen molar-refractivity contribution in [2.45, 2.75) is 26.4 Å². The van der Waals surface area contributed by atoms with Crippen LogP contribution in [0.1, 0.15) is 28.8 Å². The summed E-state index contributed by atoms with van der Waals surface area (Å²) >= 11 is 0.